The smallest absolute Gasteiger partial charge is 0.165 e. The van der Waals surface area contributed by atoms with Gasteiger partial charge in [-0.05, 0) is 64.5 Å². The molecule has 1 atom stereocenters. The van der Waals surface area contributed by atoms with Crippen LogP contribution in [0.4, 0.5) is 4.39 Å². The topological polar surface area (TPSA) is 24.5 Å². The largest absolute Gasteiger partial charge is 0.494 e. The molecule has 0 aliphatic carbocycles. The molecule has 0 bridgehead atoms. The number of methoxy groups -OCH3 is 1. The van der Waals surface area contributed by atoms with E-state index in [0.29, 0.717) is 5.75 Å². The van der Waals surface area contributed by atoms with Crippen LogP contribution in [0.5, 0.6) is 5.75 Å². The minimum Gasteiger partial charge on any atom is -0.494 e. The first-order chi connectivity index (χ1) is 9.50. The molecule has 1 aliphatic heterocycles. The van der Waals surface area contributed by atoms with Crippen LogP contribution in [-0.4, -0.2) is 37.7 Å². The summed E-state index contributed by atoms with van der Waals surface area (Å²) < 4.78 is 18.9. The van der Waals surface area contributed by atoms with E-state index >= 15 is 0 Å². The Labute approximate surface area is 121 Å². The number of rotatable bonds is 5. The minimum atomic E-state index is -0.303. The average Bonchev–Trinajstić information content (AvgIpc) is 2.94. The number of benzene rings is 1. The Kier molecular flexibility index (Phi) is 4.66. The summed E-state index contributed by atoms with van der Waals surface area (Å²) >= 11 is 0. The number of likely N-dealkylation sites (N-methyl/N-ethyl adjacent to an activating group) is 1. The molecule has 3 nitrogen and oxygen atoms in total. The molecule has 2 rings (SSSR count). The lowest BCUT2D eigenvalue weighted by atomic mass is 9.87. The Morgan fingerprint density at radius 2 is 1.95 bits per heavy atom. The molecule has 1 N–H and O–H groups in total. The van der Waals surface area contributed by atoms with Gasteiger partial charge in [-0.2, -0.15) is 0 Å². The van der Waals surface area contributed by atoms with Crippen LogP contribution < -0.4 is 10.1 Å². The summed E-state index contributed by atoms with van der Waals surface area (Å²) in [7, 11) is 3.42. The van der Waals surface area contributed by atoms with E-state index in [1.807, 2.05) is 13.1 Å². The Balaban J connectivity index is 2.29. The molecule has 20 heavy (non-hydrogen) atoms. The van der Waals surface area contributed by atoms with Crippen LogP contribution in [0.3, 0.4) is 0 Å². The highest BCUT2D eigenvalue weighted by atomic mass is 19.1. The maximum Gasteiger partial charge on any atom is 0.165 e. The van der Waals surface area contributed by atoms with E-state index in [9.17, 15) is 4.39 Å². The van der Waals surface area contributed by atoms with E-state index < -0.39 is 0 Å². The molecule has 1 fully saturated rings. The van der Waals surface area contributed by atoms with Crippen LogP contribution in [0, 0.1) is 5.82 Å². The molecular weight excluding hydrogens is 255 g/mol. The second kappa shape index (κ2) is 6.10. The number of nitrogens with zero attached hydrogens (tertiary/aromatic N) is 1. The number of hydrogen-bond acceptors (Lipinski definition) is 3. The molecule has 1 aromatic carbocycles. The van der Waals surface area contributed by atoms with Crippen molar-refractivity contribution >= 4 is 0 Å². The van der Waals surface area contributed by atoms with Gasteiger partial charge in [0.25, 0.3) is 0 Å². The van der Waals surface area contributed by atoms with Gasteiger partial charge in [-0.3, -0.25) is 4.90 Å². The maximum absolute atomic E-state index is 13.9. The normalized spacial score (nSPS) is 18.2. The third kappa shape index (κ3) is 2.81. The lowest BCUT2D eigenvalue weighted by Crippen LogP contribution is -2.50. The van der Waals surface area contributed by atoms with E-state index in [1.165, 1.54) is 20.0 Å². The van der Waals surface area contributed by atoms with Gasteiger partial charge in [0.2, 0.25) is 0 Å². The van der Waals surface area contributed by atoms with Gasteiger partial charge in [0.15, 0.2) is 11.6 Å². The quantitative estimate of drug-likeness (QED) is 0.897. The lowest BCUT2D eigenvalue weighted by Gasteiger charge is -2.42. The standard InChI is InChI=1S/C16H25FN2O/c1-16(2,19-9-5-6-10-19)15(18-3)12-7-8-14(20-4)13(17)11-12/h7-8,11,15,18H,5-6,9-10H2,1-4H3. The number of nitrogens with one attached hydrogen (secondary N) is 1. The third-order valence-electron chi connectivity index (χ3n) is 4.43. The number of likely N-dealkylation sites (tertiary alicyclic amines) is 1. The maximum atomic E-state index is 13.9. The first kappa shape index (κ1) is 15.3. The molecule has 112 valence electrons. The Morgan fingerprint density at radius 1 is 1.30 bits per heavy atom. The monoisotopic (exact) mass is 280 g/mol. The average molecular weight is 280 g/mol. The van der Waals surface area contributed by atoms with Crippen LogP contribution >= 0.6 is 0 Å². The zero-order valence-electron chi connectivity index (χ0n) is 12.9. The Hall–Kier alpha value is -1.13. The fraction of sp³-hybridized carbons (Fsp3) is 0.625. The van der Waals surface area contributed by atoms with Crippen molar-refractivity contribution in [3.8, 4) is 5.75 Å². The number of hydrogen-bond donors (Lipinski definition) is 1. The van der Waals surface area contributed by atoms with Crippen LogP contribution in [0.25, 0.3) is 0 Å². The summed E-state index contributed by atoms with van der Waals surface area (Å²) in [6.07, 6.45) is 2.49. The zero-order valence-corrected chi connectivity index (χ0v) is 12.9. The predicted molar refractivity (Wildman–Crippen MR) is 79.6 cm³/mol. The molecular formula is C16H25FN2O. The predicted octanol–water partition coefficient (Wildman–Crippen LogP) is 2.97. The van der Waals surface area contributed by atoms with Gasteiger partial charge in [0.1, 0.15) is 0 Å². The van der Waals surface area contributed by atoms with Gasteiger partial charge in [0.05, 0.1) is 7.11 Å². The molecule has 0 radical (unpaired) electrons. The molecule has 0 saturated carbocycles. The molecule has 1 unspecified atom stereocenters. The van der Waals surface area contributed by atoms with Crippen molar-refractivity contribution in [3.05, 3.63) is 29.6 Å². The van der Waals surface area contributed by atoms with E-state index in [4.69, 9.17) is 4.74 Å². The van der Waals surface area contributed by atoms with Crippen molar-refractivity contribution in [3.63, 3.8) is 0 Å². The highest BCUT2D eigenvalue weighted by Crippen LogP contribution is 2.34. The van der Waals surface area contributed by atoms with Gasteiger partial charge in [-0.1, -0.05) is 6.07 Å². The van der Waals surface area contributed by atoms with Crippen LogP contribution in [0.2, 0.25) is 0 Å². The summed E-state index contributed by atoms with van der Waals surface area (Å²) in [4.78, 5) is 2.48. The van der Waals surface area contributed by atoms with Crippen molar-refractivity contribution in [1.82, 2.24) is 10.2 Å². The van der Waals surface area contributed by atoms with Gasteiger partial charge in [-0.15, -0.1) is 0 Å². The second-order valence-corrected chi connectivity index (χ2v) is 5.96. The van der Waals surface area contributed by atoms with E-state index in [0.717, 1.165) is 18.7 Å². The Bertz CT molecular complexity index is 456. The Morgan fingerprint density at radius 3 is 2.45 bits per heavy atom. The van der Waals surface area contributed by atoms with Crippen molar-refractivity contribution in [1.29, 1.82) is 0 Å². The minimum absolute atomic E-state index is 0.0493. The van der Waals surface area contributed by atoms with Crippen molar-refractivity contribution in [2.45, 2.75) is 38.3 Å². The first-order valence-electron chi connectivity index (χ1n) is 7.26. The van der Waals surface area contributed by atoms with Crippen molar-refractivity contribution < 1.29 is 9.13 Å². The van der Waals surface area contributed by atoms with Crippen molar-refractivity contribution in [2.24, 2.45) is 0 Å². The number of halogens is 1. The summed E-state index contributed by atoms with van der Waals surface area (Å²) in [6.45, 7) is 6.68. The molecule has 1 aromatic rings. The van der Waals surface area contributed by atoms with Gasteiger partial charge in [0, 0.05) is 11.6 Å². The van der Waals surface area contributed by atoms with Gasteiger partial charge < -0.3 is 10.1 Å². The highest BCUT2D eigenvalue weighted by Gasteiger charge is 2.37. The molecule has 1 aliphatic rings. The summed E-state index contributed by atoms with van der Waals surface area (Å²) in [5, 5.41) is 3.35. The molecule has 0 spiro atoms. The third-order valence-corrected chi connectivity index (χ3v) is 4.43. The zero-order chi connectivity index (χ0) is 14.8. The second-order valence-electron chi connectivity index (χ2n) is 5.96. The van der Waals surface area contributed by atoms with Crippen molar-refractivity contribution in [2.75, 3.05) is 27.2 Å². The van der Waals surface area contributed by atoms with E-state index in [1.54, 1.807) is 12.1 Å². The molecule has 1 heterocycles. The highest BCUT2D eigenvalue weighted by molar-refractivity contribution is 5.32. The van der Waals surface area contributed by atoms with E-state index in [-0.39, 0.29) is 17.4 Å². The summed E-state index contributed by atoms with van der Waals surface area (Å²) in [5.41, 5.74) is 0.912. The van der Waals surface area contributed by atoms with Crippen LogP contribution in [-0.2, 0) is 0 Å². The number of ether oxygens (including phenoxy) is 1. The summed E-state index contributed by atoms with van der Waals surface area (Å²) in [5.74, 6) is -0.00921. The van der Waals surface area contributed by atoms with E-state index in [2.05, 4.69) is 24.1 Å². The summed E-state index contributed by atoms with van der Waals surface area (Å²) in [6, 6.07) is 5.31. The van der Waals surface area contributed by atoms with Crippen LogP contribution in [0.1, 0.15) is 38.3 Å². The molecule has 1 saturated heterocycles. The molecule has 0 aromatic heterocycles. The van der Waals surface area contributed by atoms with Gasteiger partial charge in [-0.25, -0.2) is 4.39 Å². The molecule has 0 amide bonds. The van der Waals surface area contributed by atoms with Gasteiger partial charge >= 0.3 is 0 Å². The first-order valence-corrected chi connectivity index (χ1v) is 7.26. The fourth-order valence-electron chi connectivity index (χ4n) is 3.27. The SMILES string of the molecule is CNC(c1ccc(OC)c(F)c1)C(C)(C)N1CCCC1. The fourth-order valence-corrected chi connectivity index (χ4v) is 3.27. The molecule has 4 heteroatoms. The van der Waals surface area contributed by atoms with Crippen LogP contribution in [0.15, 0.2) is 18.2 Å². The lowest BCUT2D eigenvalue weighted by molar-refractivity contribution is 0.110.